The van der Waals surface area contributed by atoms with E-state index in [-0.39, 0.29) is 0 Å². The maximum atomic E-state index is 6.06. The fraction of sp³-hybridized carbons (Fsp3) is 0.500. The molecule has 0 bridgehead atoms. The van der Waals surface area contributed by atoms with Crippen LogP contribution in [0.25, 0.3) is 0 Å². The third kappa shape index (κ3) is 3.82. The number of aromatic nitrogens is 3. The molecule has 0 amide bonds. The number of benzene rings is 1. The van der Waals surface area contributed by atoms with E-state index in [0.717, 1.165) is 30.2 Å². The van der Waals surface area contributed by atoms with Gasteiger partial charge in [0.15, 0.2) is 0 Å². The summed E-state index contributed by atoms with van der Waals surface area (Å²) < 4.78 is 1.98. The summed E-state index contributed by atoms with van der Waals surface area (Å²) in [5.74, 6) is 0.994. The van der Waals surface area contributed by atoms with E-state index in [1.54, 1.807) is 6.33 Å². The number of nitrogens with zero attached hydrogens (tertiary/aromatic N) is 4. The number of nitrogen functional groups attached to an aromatic ring is 1. The van der Waals surface area contributed by atoms with Gasteiger partial charge in [0, 0.05) is 24.3 Å². The molecule has 0 saturated heterocycles. The topological polar surface area (TPSA) is 60.0 Å². The van der Waals surface area contributed by atoms with Crippen LogP contribution in [0.15, 0.2) is 30.6 Å². The predicted molar refractivity (Wildman–Crippen MR) is 85.6 cm³/mol. The summed E-state index contributed by atoms with van der Waals surface area (Å²) in [4.78, 5) is 6.76. The molecule has 0 unspecified atom stereocenters. The molecule has 0 fully saturated rings. The summed E-state index contributed by atoms with van der Waals surface area (Å²) >= 11 is 0. The van der Waals surface area contributed by atoms with Gasteiger partial charge in [0.1, 0.15) is 12.2 Å². The first kappa shape index (κ1) is 15.5. The third-order valence-electron chi connectivity index (χ3n) is 3.64. The van der Waals surface area contributed by atoms with Crippen molar-refractivity contribution in [2.24, 2.45) is 0 Å². The van der Waals surface area contributed by atoms with E-state index >= 15 is 0 Å². The number of nitrogens with two attached hydrogens (primary N) is 1. The molecule has 1 heterocycles. The number of hydrogen-bond donors (Lipinski definition) is 1. The highest BCUT2D eigenvalue weighted by molar-refractivity contribution is 5.46. The quantitative estimate of drug-likeness (QED) is 0.830. The lowest BCUT2D eigenvalue weighted by Gasteiger charge is -2.27. The molecule has 114 valence electrons. The zero-order valence-corrected chi connectivity index (χ0v) is 13.3. The van der Waals surface area contributed by atoms with Crippen LogP contribution in [0.2, 0.25) is 0 Å². The van der Waals surface area contributed by atoms with Gasteiger partial charge < -0.3 is 5.73 Å². The van der Waals surface area contributed by atoms with Gasteiger partial charge in [0.05, 0.1) is 6.54 Å². The Bertz CT molecular complexity index is 574. The van der Waals surface area contributed by atoms with Crippen molar-refractivity contribution in [3.8, 4) is 0 Å². The Morgan fingerprint density at radius 2 is 1.86 bits per heavy atom. The molecule has 2 aromatic rings. The highest BCUT2D eigenvalue weighted by atomic mass is 15.4. The molecule has 0 radical (unpaired) electrons. The summed E-state index contributed by atoms with van der Waals surface area (Å²) in [7, 11) is 0. The first-order valence-electron chi connectivity index (χ1n) is 7.44. The van der Waals surface area contributed by atoms with Crippen LogP contribution >= 0.6 is 0 Å². The normalized spacial score (nSPS) is 11.8. The van der Waals surface area contributed by atoms with Gasteiger partial charge in [-0.15, -0.1) is 0 Å². The van der Waals surface area contributed by atoms with Crippen molar-refractivity contribution in [3.63, 3.8) is 0 Å². The van der Waals surface area contributed by atoms with Gasteiger partial charge in [-0.2, -0.15) is 5.10 Å². The fourth-order valence-corrected chi connectivity index (χ4v) is 2.32. The van der Waals surface area contributed by atoms with Crippen LogP contribution in [0.5, 0.6) is 0 Å². The van der Waals surface area contributed by atoms with Crippen LogP contribution in [-0.4, -0.2) is 25.7 Å². The van der Waals surface area contributed by atoms with Crippen molar-refractivity contribution in [3.05, 3.63) is 42.0 Å². The van der Waals surface area contributed by atoms with Crippen LogP contribution in [0.3, 0.4) is 0 Å². The van der Waals surface area contributed by atoms with Gasteiger partial charge in [0.2, 0.25) is 0 Å². The molecular formula is C16H25N5. The molecule has 2 N–H and O–H groups in total. The molecule has 0 aliphatic heterocycles. The van der Waals surface area contributed by atoms with Crippen molar-refractivity contribution >= 4 is 5.69 Å². The molecule has 0 saturated carbocycles. The minimum Gasteiger partial charge on any atom is -0.398 e. The Kier molecular flexibility index (Phi) is 4.96. The summed E-state index contributed by atoms with van der Waals surface area (Å²) in [5.41, 5.74) is 8.06. The lowest BCUT2D eigenvalue weighted by Crippen LogP contribution is -2.31. The second kappa shape index (κ2) is 6.72. The third-order valence-corrected chi connectivity index (χ3v) is 3.64. The Morgan fingerprint density at radius 1 is 1.14 bits per heavy atom. The van der Waals surface area contributed by atoms with Crippen molar-refractivity contribution in [2.75, 3.05) is 5.73 Å². The van der Waals surface area contributed by atoms with E-state index < -0.39 is 0 Å². The molecule has 21 heavy (non-hydrogen) atoms. The average Bonchev–Trinajstić information content (AvgIpc) is 2.88. The first-order valence-corrected chi connectivity index (χ1v) is 7.44. The highest BCUT2D eigenvalue weighted by Crippen LogP contribution is 2.17. The maximum Gasteiger partial charge on any atom is 0.141 e. The number of para-hydroxylation sites is 1. The monoisotopic (exact) mass is 287 g/mol. The van der Waals surface area contributed by atoms with Crippen LogP contribution in [0.1, 0.15) is 45.1 Å². The van der Waals surface area contributed by atoms with Gasteiger partial charge in [-0.05, 0) is 39.3 Å². The molecular weight excluding hydrogens is 262 g/mol. The van der Waals surface area contributed by atoms with Crippen LogP contribution in [0.4, 0.5) is 5.69 Å². The standard InChI is InChI=1S/C16H25N5/c1-12(2)20(9-14-7-5-6-8-15(14)17)10-16-18-11-19-21(16)13(3)4/h5-8,11-13H,9-10,17H2,1-4H3. The molecule has 0 aliphatic carbocycles. The van der Waals surface area contributed by atoms with Crippen molar-refractivity contribution < 1.29 is 0 Å². The van der Waals surface area contributed by atoms with Crippen molar-refractivity contribution in [1.82, 2.24) is 19.7 Å². The van der Waals surface area contributed by atoms with E-state index in [1.807, 2.05) is 22.9 Å². The first-order chi connectivity index (χ1) is 9.99. The molecule has 0 spiro atoms. The van der Waals surface area contributed by atoms with Crippen LogP contribution < -0.4 is 5.73 Å². The smallest absolute Gasteiger partial charge is 0.141 e. The Hall–Kier alpha value is -1.88. The zero-order valence-electron chi connectivity index (χ0n) is 13.3. The molecule has 0 atom stereocenters. The highest BCUT2D eigenvalue weighted by Gasteiger charge is 2.16. The van der Waals surface area contributed by atoms with Gasteiger partial charge in [0.25, 0.3) is 0 Å². The molecule has 5 nitrogen and oxygen atoms in total. The van der Waals surface area contributed by atoms with Gasteiger partial charge in [-0.1, -0.05) is 18.2 Å². The van der Waals surface area contributed by atoms with Crippen molar-refractivity contribution in [1.29, 1.82) is 0 Å². The van der Waals surface area contributed by atoms with E-state index in [9.17, 15) is 0 Å². The fourth-order valence-electron chi connectivity index (χ4n) is 2.32. The molecule has 0 aliphatic rings. The average molecular weight is 287 g/mol. The molecule has 5 heteroatoms. The largest absolute Gasteiger partial charge is 0.398 e. The Balaban J connectivity index is 2.16. The van der Waals surface area contributed by atoms with Crippen LogP contribution in [0, 0.1) is 0 Å². The minimum absolute atomic E-state index is 0.318. The van der Waals surface area contributed by atoms with E-state index in [2.05, 4.69) is 48.7 Å². The van der Waals surface area contributed by atoms with Gasteiger partial charge in [-0.25, -0.2) is 9.67 Å². The van der Waals surface area contributed by atoms with Gasteiger partial charge >= 0.3 is 0 Å². The summed E-state index contributed by atoms with van der Waals surface area (Å²) in [6.07, 6.45) is 1.63. The molecule has 1 aromatic carbocycles. The zero-order chi connectivity index (χ0) is 15.4. The minimum atomic E-state index is 0.318. The van der Waals surface area contributed by atoms with Crippen LogP contribution in [-0.2, 0) is 13.1 Å². The number of hydrogen-bond acceptors (Lipinski definition) is 4. The lowest BCUT2D eigenvalue weighted by molar-refractivity contribution is 0.193. The number of anilines is 1. The molecule has 1 aromatic heterocycles. The molecule has 2 rings (SSSR count). The van der Waals surface area contributed by atoms with Crippen molar-refractivity contribution in [2.45, 2.75) is 52.9 Å². The SMILES string of the molecule is CC(C)N(Cc1ccccc1N)Cc1ncnn1C(C)C. The number of rotatable bonds is 6. The second-order valence-corrected chi connectivity index (χ2v) is 5.91. The van der Waals surface area contributed by atoms with E-state index in [1.165, 1.54) is 0 Å². The Morgan fingerprint density at radius 3 is 2.48 bits per heavy atom. The summed E-state index contributed by atoms with van der Waals surface area (Å²) in [6, 6.07) is 8.75. The summed E-state index contributed by atoms with van der Waals surface area (Å²) in [6.45, 7) is 10.2. The second-order valence-electron chi connectivity index (χ2n) is 5.91. The lowest BCUT2D eigenvalue weighted by atomic mass is 10.1. The van der Waals surface area contributed by atoms with E-state index in [0.29, 0.717) is 12.1 Å². The van der Waals surface area contributed by atoms with E-state index in [4.69, 9.17) is 5.73 Å². The Labute approximate surface area is 126 Å². The summed E-state index contributed by atoms with van der Waals surface area (Å²) in [5, 5.41) is 4.31. The maximum absolute atomic E-state index is 6.06. The van der Waals surface area contributed by atoms with Gasteiger partial charge in [-0.3, -0.25) is 4.90 Å². The predicted octanol–water partition coefficient (Wildman–Crippen LogP) is 2.85.